The van der Waals surface area contributed by atoms with E-state index >= 15 is 0 Å². The molecule has 1 fully saturated rings. The highest BCUT2D eigenvalue weighted by molar-refractivity contribution is 7.21. The second-order valence-corrected chi connectivity index (χ2v) is 10.3. The van der Waals surface area contributed by atoms with Crippen molar-refractivity contribution in [1.82, 2.24) is 19.9 Å². The SMILES string of the molecule is Cc1cc(F)c(-c2nc3sc(N4CCC[C@@H]4C(=O)NCc4ccccc4)nc3c(=O)n2C)s1. The van der Waals surface area contributed by atoms with Crippen molar-refractivity contribution in [2.75, 3.05) is 11.4 Å². The molecule has 1 amide bonds. The Bertz CT molecular complexity index is 1400. The van der Waals surface area contributed by atoms with E-state index in [-0.39, 0.29) is 28.8 Å². The fraction of sp³-hybridized carbons (Fsp3) is 0.304. The minimum Gasteiger partial charge on any atom is -0.350 e. The maximum Gasteiger partial charge on any atom is 0.281 e. The van der Waals surface area contributed by atoms with Crippen molar-refractivity contribution in [3.8, 4) is 10.7 Å². The van der Waals surface area contributed by atoms with Gasteiger partial charge in [-0.25, -0.2) is 14.4 Å². The van der Waals surface area contributed by atoms with Gasteiger partial charge in [-0.05, 0) is 31.4 Å². The Balaban J connectivity index is 1.44. The number of aryl methyl sites for hydroxylation is 1. The molecule has 170 valence electrons. The summed E-state index contributed by atoms with van der Waals surface area (Å²) in [6, 6.07) is 10.8. The lowest BCUT2D eigenvalue weighted by Crippen LogP contribution is -2.43. The summed E-state index contributed by atoms with van der Waals surface area (Å²) in [5.74, 6) is -0.163. The Morgan fingerprint density at radius 3 is 2.76 bits per heavy atom. The largest absolute Gasteiger partial charge is 0.350 e. The van der Waals surface area contributed by atoms with Gasteiger partial charge >= 0.3 is 0 Å². The standard InChI is InChI=1S/C23H22FN5O2S2/c1-13-11-15(24)18(32-13)19-27-21-17(22(31)28(19)2)26-23(33-21)29-10-6-9-16(29)20(30)25-12-14-7-4-3-5-8-14/h3-5,7-8,11,16H,6,9-10,12H2,1-2H3,(H,25,30)/t16-/m1/s1. The summed E-state index contributed by atoms with van der Waals surface area (Å²) in [6.07, 6.45) is 1.57. The van der Waals surface area contributed by atoms with Crippen LogP contribution >= 0.6 is 22.7 Å². The van der Waals surface area contributed by atoms with Crippen molar-refractivity contribution >= 4 is 44.1 Å². The fourth-order valence-electron chi connectivity index (χ4n) is 4.08. The second-order valence-electron chi connectivity index (χ2n) is 8.04. The number of nitrogens with zero attached hydrogens (tertiary/aromatic N) is 4. The summed E-state index contributed by atoms with van der Waals surface area (Å²) >= 11 is 2.53. The fourth-order valence-corrected chi connectivity index (χ4v) is 6.00. The number of thiazole rings is 1. The van der Waals surface area contributed by atoms with Gasteiger partial charge in [0.2, 0.25) is 5.91 Å². The Morgan fingerprint density at radius 2 is 2.03 bits per heavy atom. The second kappa shape index (κ2) is 8.68. The van der Waals surface area contributed by atoms with Gasteiger partial charge in [-0.2, -0.15) is 0 Å². The predicted octanol–water partition coefficient (Wildman–Crippen LogP) is 3.85. The van der Waals surface area contributed by atoms with Gasteiger partial charge in [-0.1, -0.05) is 41.7 Å². The van der Waals surface area contributed by atoms with Gasteiger partial charge in [0, 0.05) is 25.0 Å². The number of hydrogen-bond donors (Lipinski definition) is 1. The number of carbonyl (C=O) groups is 1. The summed E-state index contributed by atoms with van der Waals surface area (Å²) in [5.41, 5.74) is 0.948. The van der Waals surface area contributed by atoms with Crippen LogP contribution in [0.3, 0.4) is 0 Å². The number of amides is 1. The average Bonchev–Trinajstić information content (AvgIpc) is 3.53. The van der Waals surface area contributed by atoms with Crippen LogP contribution in [-0.4, -0.2) is 33.0 Å². The maximum absolute atomic E-state index is 14.4. The topological polar surface area (TPSA) is 80.1 Å². The predicted molar refractivity (Wildman–Crippen MR) is 129 cm³/mol. The number of rotatable bonds is 5. The van der Waals surface area contributed by atoms with Crippen LogP contribution in [0, 0.1) is 12.7 Å². The zero-order valence-electron chi connectivity index (χ0n) is 18.2. The van der Waals surface area contributed by atoms with Crippen molar-refractivity contribution in [2.24, 2.45) is 7.05 Å². The van der Waals surface area contributed by atoms with E-state index < -0.39 is 5.82 Å². The van der Waals surface area contributed by atoms with Gasteiger partial charge in [0.05, 0.1) is 0 Å². The Labute approximate surface area is 197 Å². The van der Waals surface area contributed by atoms with Crippen LogP contribution in [0.5, 0.6) is 0 Å². The van der Waals surface area contributed by atoms with Gasteiger partial charge in [0.25, 0.3) is 5.56 Å². The number of hydrogen-bond acceptors (Lipinski definition) is 7. The maximum atomic E-state index is 14.4. The van der Waals surface area contributed by atoms with Gasteiger partial charge < -0.3 is 10.2 Å². The molecule has 1 aromatic carbocycles. The summed E-state index contributed by atoms with van der Waals surface area (Å²) < 4.78 is 15.7. The van der Waals surface area contributed by atoms with Crippen molar-refractivity contribution < 1.29 is 9.18 Å². The van der Waals surface area contributed by atoms with E-state index in [4.69, 9.17) is 0 Å². The van der Waals surface area contributed by atoms with Crippen molar-refractivity contribution in [3.05, 3.63) is 63.0 Å². The van der Waals surface area contributed by atoms with Gasteiger partial charge in [0.15, 0.2) is 21.3 Å². The molecule has 1 aliphatic heterocycles. The summed E-state index contributed by atoms with van der Waals surface area (Å²) in [6.45, 7) is 2.95. The number of nitrogens with one attached hydrogen (secondary N) is 1. The molecule has 33 heavy (non-hydrogen) atoms. The van der Waals surface area contributed by atoms with Gasteiger partial charge in [0.1, 0.15) is 16.7 Å². The zero-order valence-corrected chi connectivity index (χ0v) is 19.8. The van der Waals surface area contributed by atoms with E-state index in [0.717, 1.165) is 16.9 Å². The number of thiophene rings is 1. The van der Waals surface area contributed by atoms with Gasteiger partial charge in [-0.3, -0.25) is 14.2 Å². The Morgan fingerprint density at radius 1 is 1.24 bits per heavy atom. The number of fused-ring (bicyclic) bond motifs is 1. The van der Waals surface area contributed by atoms with E-state index in [1.54, 1.807) is 7.05 Å². The summed E-state index contributed by atoms with van der Waals surface area (Å²) in [5, 5.41) is 3.60. The van der Waals surface area contributed by atoms with Crippen molar-refractivity contribution in [1.29, 1.82) is 0 Å². The first kappa shape index (κ1) is 21.7. The molecule has 1 N–H and O–H groups in total. The van der Waals surface area contributed by atoms with E-state index in [2.05, 4.69) is 15.3 Å². The highest BCUT2D eigenvalue weighted by atomic mass is 32.1. The first-order valence-electron chi connectivity index (χ1n) is 10.6. The third kappa shape index (κ3) is 4.04. The minimum absolute atomic E-state index is 0.0618. The number of aromatic nitrogens is 3. The van der Waals surface area contributed by atoms with E-state index in [9.17, 15) is 14.0 Å². The normalized spacial score (nSPS) is 16.0. The zero-order chi connectivity index (χ0) is 23.1. The monoisotopic (exact) mass is 483 g/mol. The van der Waals surface area contributed by atoms with Crippen LogP contribution in [0.15, 0.2) is 41.2 Å². The third-order valence-electron chi connectivity index (χ3n) is 5.75. The van der Waals surface area contributed by atoms with Crippen LogP contribution in [0.25, 0.3) is 21.0 Å². The first-order chi connectivity index (χ1) is 15.9. The lowest BCUT2D eigenvalue weighted by atomic mass is 10.2. The van der Waals surface area contributed by atoms with Crippen LogP contribution in [0.2, 0.25) is 0 Å². The van der Waals surface area contributed by atoms with Crippen LogP contribution in [0.4, 0.5) is 9.52 Å². The molecule has 7 nitrogen and oxygen atoms in total. The van der Waals surface area contributed by atoms with E-state index in [1.165, 1.54) is 33.3 Å². The Kier molecular flexibility index (Phi) is 5.71. The molecule has 0 radical (unpaired) electrons. The molecule has 3 aromatic heterocycles. The Hall–Kier alpha value is -3.11. The lowest BCUT2D eigenvalue weighted by Gasteiger charge is -2.23. The minimum atomic E-state index is -0.390. The molecule has 0 unspecified atom stereocenters. The van der Waals surface area contributed by atoms with Crippen LogP contribution in [-0.2, 0) is 18.4 Å². The number of carbonyl (C=O) groups excluding carboxylic acids is 1. The smallest absolute Gasteiger partial charge is 0.281 e. The first-order valence-corrected chi connectivity index (χ1v) is 12.3. The lowest BCUT2D eigenvalue weighted by molar-refractivity contribution is -0.122. The third-order valence-corrected chi connectivity index (χ3v) is 7.76. The van der Waals surface area contributed by atoms with Crippen molar-refractivity contribution in [3.63, 3.8) is 0 Å². The molecule has 4 aromatic rings. The van der Waals surface area contributed by atoms with E-state index in [0.29, 0.717) is 34.3 Å². The van der Waals surface area contributed by atoms with E-state index in [1.807, 2.05) is 42.2 Å². The number of anilines is 1. The molecule has 4 heterocycles. The number of halogens is 1. The van der Waals surface area contributed by atoms with Crippen LogP contribution < -0.4 is 15.8 Å². The molecular formula is C23H22FN5O2S2. The molecule has 5 rings (SSSR count). The molecule has 0 spiro atoms. The average molecular weight is 484 g/mol. The molecular weight excluding hydrogens is 461 g/mol. The highest BCUT2D eigenvalue weighted by Gasteiger charge is 2.33. The quantitative estimate of drug-likeness (QED) is 0.466. The molecule has 0 saturated carbocycles. The molecule has 1 aliphatic rings. The molecule has 10 heteroatoms. The molecule has 0 bridgehead atoms. The van der Waals surface area contributed by atoms with Crippen molar-refractivity contribution in [2.45, 2.75) is 32.4 Å². The molecule has 1 atom stereocenters. The number of benzene rings is 1. The van der Waals surface area contributed by atoms with Gasteiger partial charge in [-0.15, -0.1) is 11.3 Å². The summed E-state index contributed by atoms with van der Waals surface area (Å²) in [4.78, 5) is 38.6. The molecule has 1 saturated heterocycles. The highest BCUT2D eigenvalue weighted by Crippen LogP contribution is 2.34. The van der Waals surface area contributed by atoms with Crippen LogP contribution in [0.1, 0.15) is 23.3 Å². The summed E-state index contributed by atoms with van der Waals surface area (Å²) in [7, 11) is 1.58. The molecule has 0 aliphatic carbocycles.